The maximum absolute atomic E-state index is 12.7. The molecule has 0 saturated carbocycles. The molecule has 0 bridgehead atoms. The summed E-state index contributed by atoms with van der Waals surface area (Å²) in [5, 5.41) is 15.2. The molecule has 1 aliphatic carbocycles. The van der Waals surface area contributed by atoms with Crippen molar-refractivity contribution in [1.82, 2.24) is 0 Å². The quantitative estimate of drug-likeness (QED) is 0.343. The molecule has 1 unspecified atom stereocenters. The molecule has 3 rings (SSSR count). The van der Waals surface area contributed by atoms with E-state index in [1.165, 1.54) is 29.3 Å². The Kier molecular flexibility index (Phi) is 6.38. The van der Waals surface area contributed by atoms with Crippen LogP contribution in [0.1, 0.15) is 47.5 Å². The number of ether oxygens (including phenoxy) is 1. The second kappa shape index (κ2) is 8.75. The number of thioether (sulfide) groups is 1. The molecule has 0 saturated heterocycles. The Morgan fingerprint density at radius 3 is 2.89 bits per heavy atom. The van der Waals surface area contributed by atoms with E-state index in [-0.39, 0.29) is 11.9 Å². The number of esters is 1. The maximum atomic E-state index is 12.7. The third-order valence-electron chi connectivity index (χ3n) is 4.34. The van der Waals surface area contributed by atoms with Crippen LogP contribution in [0.5, 0.6) is 0 Å². The first-order valence-electron chi connectivity index (χ1n) is 8.98. The van der Waals surface area contributed by atoms with Gasteiger partial charge in [-0.2, -0.15) is 4.73 Å². The fraction of sp³-hybridized carbons (Fsp3) is 0.421. The molecule has 8 heteroatoms. The van der Waals surface area contributed by atoms with Crippen molar-refractivity contribution in [2.45, 2.75) is 49.8 Å². The summed E-state index contributed by atoms with van der Waals surface area (Å²) in [6.07, 6.45) is 5.28. The number of anilines is 1. The van der Waals surface area contributed by atoms with Crippen molar-refractivity contribution in [3.8, 4) is 0 Å². The number of pyridine rings is 1. The third-order valence-corrected chi connectivity index (χ3v) is 6.68. The number of nitrogens with one attached hydrogen (secondary N) is 1. The predicted molar refractivity (Wildman–Crippen MR) is 106 cm³/mol. The van der Waals surface area contributed by atoms with E-state index < -0.39 is 5.25 Å². The molecule has 1 N–H and O–H groups in total. The summed E-state index contributed by atoms with van der Waals surface area (Å²) in [6, 6.07) is 5.08. The number of hydrogen-bond acceptors (Lipinski definition) is 6. The van der Waals surface area contributed by atoms with E-state index in [0.29, 0.717) is 22.2 Å². The Morgan fingerprint density at radius 1 is 1.37 bits per heavy atom. The van der Waals surface area contributed by atoms with Gasteiger partial charge < -0.3 is 15.3 Å². The van der Waals surface area contributed by atoms with E-state index in [4.69, 9.17) is 4.74 Å². The molecule has 0 radical (unpaired) electrons. The van der Waals surface area contributed by atoms with Gasteiger partial charge in [0.15, 0.2) is 6.20 Å². The van der Waals surface area contributed by atoms with Gasteiger partial charge in [0.05, 0.1) is 17.4 Å². The van der Waals surface area contributed by atoms with Crippen LogP contribution in [0.25, 0.3) is 0 Å². The first-order valence-corrected chi connectivity index (χ1v) is 10.7. The summed E-state index contributed by atoms with van der Waals surface area (Å²) in [5.74, 6) is -0.624. The van der Waals surface area contributed by atoms with Gasteiger partial charge in [-0.05, 0) is 62.9 Å². The first-order chi connectivity index (χ1) is 13.0. The second-order valence-corrected chi connectivity index (χ2v) is 8.72. The lowest BCUT2D eigenvalue weighted by Crippen LogP contribution is -2.30. The molecular formula is C19H22N2O4S2. The average molecular weight is 407 g/mol. The highest BCUT2D eigenvalue weighted by molar-refractivity contribution is 8.00. The lowest BCUT2D eigenvalue weighted by Gasteiger charge is -2.13. The van der Waals surface area contributed by atoms with Gasteiger partial charge >= 0.3 is 5.97 Å². The number of hydrogen-bond donors (Lipinski definition) is 1. The minimum atomic E-state index is -0.484. The molecular weight excluding hydrogens is 384 g/mol. The summed E-state index contributed by atoms with van der Waals surface area (Å²) >= 11 is 2.65. The average Bonchev–Trinajstić information content (AvgIpc) is 3.01. The summed E-state index contributed by atoms with van der Waals surface area (Å²) in [6.45, 7) is 3.80. The number of amides is 1. The van der Waals surface area contributed by atoms with Crippen LogP contribution in [0.2, 0.25) is 0 Å². The Labute approximate surface area is 166 Å². The van der Waals surface area contributed by atoms with Crippen LogP contribution < -0.4 is 10.0 Å². The standard InChI is InChI=1S/C19H22N2O4S2/c1-3-25-19(23)16-13-8-4-5-9-14(13)27-18(16)20-17(22)12(2)26-15-10-6-7-11-21(15)24/h6-7,10-12H,3-5,8-9H2,1-2H3,(H,20,22). The zero-order valence-electron chi connectivity index (χ0n) is 15.3. The van der Waals surface area contributed by atoms with Crippen molar-refractivity contribution in [3.63, 3.8) is 0 Å². The van der Waals surface area contributed by atoms with Crippen LogP contribution in [0.4, 0.5) is 5.00 Å². The SMILES string of the molecule is CCOC(=O)c1c(NC(=O)C(C)Sc2cccc[n+]2[O-])sc2c1CCCC2. The Hall–Kier alpha value is -2.06. The van der Waals surface area contributed by atoms with Gasteiger partial charge in [-0.3, -0.25) is 4.79 Å². The lowest BCUT2D eigenvalue weighted by atomic mass is 9.95. The molecule has 0 fully saturated rings. The van der Waals surface area contributed by atoms with Crippen molar-refractivity contribution >= 4 is 40.0 Å². The van der Waals surface area contributed by atoms with Crippen molar-refractivity contribution < 1.29 is 19.1 Å². The van der Waals surface area contributed by atoms with Gasteiger partial charge in [0.2, 0.25) is 5.91 Å². The summed E-state index contributed by atoms with van der Waals surface area (Å²) in [4.78, 5) is 26.3. The fourth-order valence-corrected chi connectivity index (χ4v) is 5.16. The highest BCUT2D eigenvalue weighted by Gasteiger charge is 2.28. The Bertz CT molecular complexity index is 850. The summed E-state index contributed by atoms with van der Waals surface area (Å²) in [5.41, 5.74) is 1.52. The zero-order valence-corrected chi connectivity index (χ0v) is 17.0. The van der Waals surface area contributed by atoms with Gasteiger partial charge in [0.1, 0.15) is 5.00 Å². The van der Waals surface area contributed by atoms with Crippen LogP contribution in [0.15, 0.2) is 29.4 Å². The minimum absolute atomic E-state index is 0.243. The minimum Gasteiger partial charge on any atom is -0.618 e. The number of aromatic nitrogens is 1. The summed E-state index contributed by atoms with van der Waals surface area (Å²) in [7, 11) is 0. The molecule has 0 aromatic carbocycles. The van der Waals surface area contributed by atoms with Gasteiger partial charge in [0.25, 0.3) is 5.03 Å². The van der Waals surface area contributed by atoms with E-state index in [2.05, 4.69) is 5.32 Å². The number of aryl methyl sites for hydroxylation is 1. The molecule has 0 aliphatic heterocycles. The zero-order chi connectivity index (χ0) is 19.4. The number of thiophene rings is 1. The van der Waals surface area contributed by atoms with E-state index >= 15 is 0 Å². The van der Waals surface area contributed by atoms with Crippen LogP contribution in [0, 0.1) is 5.21 Å². The van der Waals surface area contributed by atoms with E-state index in [1.807, 2.05) is 0 Å². The molecule has 2 aromatic rings. The number of carbonyl (C=O) groups is 2. The van der Waals surface area contributed by atoms with Gasteiger partial charge in [-0.1, -0.05) is 0 Å². The fourth-order valence-electron chi connectivity index (χ4n) is 3.03. The van der Waals surface area contributed by atoms with Crippen LogP contribution in [-0.4, -0.2) is 23.7 Å². The largest absolute Gasteiger partial charge is 0.618 e. The lowest BCUT2D eigenvalue weighted by molar-refractivity contribution is -0.645. The normalized spacial score (nSPS) is 14.3. The van der Waals surface area contributed by atoms with Gasteiger partial charge in [0, 0.05) is 17.0 Å². The Balaban J connectivity index is 1.80. The van der Waals surface area contributed by atoms with Crippen LogP contribution in [0.3, 0.4) is 0 Å². The van der Waals surface area contributed by atoms with Crippen LogP contribution in [-0.2, 0) is 22.4 Å². The van der Waals surface area contributed by atoms with Crippen molar-refractivity contribution in [3.05, 3.63) is 45.6 Å². The predicted octanol–water partition coefficient (Wildman–Crippen LogP) is 3.56. The molecule has 2 heterocycles. The highest BCUT2D eigenvalue weighted by Crippen LogP contribution is 2.39. The van der Waals surface area contributed by atoms with Crippen molar-refractivity contribution in [2.75, 3.05) is 11.9 Å². The highest BCUT2D eigenvalue weighted by atomic mass is 32.2. The van der Waals surface area contributed by atoms with Crippen molar-refractivity contribution in [1.29, 1.82) is 0 Å². The molecule has 6 nitrogen and oxygen atoms in total. The first kappa shape index (κ1) is 19.7. The van der Waals surface area contributed by atoms with Crippen molar-refractivity contribution in [2.24, 2.45) is 0 Å². The van der Waals surface area contributed by atoms with E-state index in [9.17, 15) is 14.8 Å². The smallest absolute Gasteiger partial charge is 0.341 e. The van der Waals surface area contributed by atoms with Crippen LogP contribution >= 0.6 is 23.1 Å². The molecule has 1 atom stereocenters. The van der Waals surface area contributed by atoms with Gasteiger partial charge in [-0.15, -0.1) is 11.3 Å². The molecule has 1 aliphatic rings. The Morgan fingerprint density at radius 2 is 2.15 bits per heavy atom. The molecule has 1 amide bonds. The van der Waals surface area contributed by atoms with Gasteiger partial charge in [-0.25, -0.2) is 4.79 Å². The molecule has 144 valence electrons. The molecule has 0 spiro atoms. The van der Waals surface area contributed by atoms with E-state index in [1.54, 1.807) is 32.0 Å². The summed E-state index contributed by atoms with van der Waals surface area (Å²) < 4.78 is 5.95. The van der Waals surface area contributed by atoms with E-state index in [0.717, 1.165) is 40.9 Å². The molecule has 27 heavy (non-hydrogen) atoms. The number of fused-ring (bicyclic) bond motifs is 1. The number of carbonyl (C=O) groups excluding carboxylic acids is 2. The third kappa shape index (κ3) is 4.44. The molecule has 2 aromatic heterocycles. The number of rotatable bonds is 6. The monoisotopic (exact) mass is 406 g/mol. The maximum Gasteiger partial charge on any atom is 0.341 e. The second-order valence-electron chi connectivity index (χ2n) is 6.25. The topological polar surface area (TPSA) is 82.3 Å². The number of nitrogens with zero attached hydrogens (tertiary/aromatic N) is 1.